The molecule has 96 heavy (non-hydrogen) atoms. The first kappa shape index (κ1) is 79.5. The van der Waals surface area contributed by atoms with Crippen molar-refractivity contribution >= 4 is 88.9 Å². The van der Waals surface area contributed by atoms with Crippen LogP contribution in [-0.4, -0.2) is 211 Å². The number of aliphatic carboxylic acids is 5. The number of carbonyl (C=O) groups is 15. The minimum Gasteiger partial charge on any atom is -0.503 e. The van der Waals surface area contributed by atoms with E-state index >= 15 is 0 Å². The van der Waals surface area contributed by atoms with Crippen molar-refractivity contribution in [2.75, 3.05) is 26.2 Å². The van der Waals surface area contributed by atoms with Gasteiger partial charge in [-0.2, -0.15) is 4.57 Å². The molecule has 10 atom stereocenters. The zero-order valence-corrected chi connectivity index (χ0v) is 52.4. The maximum atomic E-state index is 14.3. The van der Waals surface area contributed by atoms with Crippen LogP contribution in [0.5, 0.6) is 5.75 Å². The molecule has 4 unspecified atom stereocenters. The highest BCUT2D eigenvalue weighted by molar-refractivity contribution is 5.96. The molecule has 0 radical (unpaired) electrons. The van der Waals surface area contributed by atoms with E-state index < -0.39 is 226 Å². The standard InChI is InChI=1S/C60H82N14O22/c1-31(52(85)66-24-46(77)64-26-48(79)70-43(59(93)94)21-33-9-5-3-6-10-33)68-56(89)41(72-54(87)38(61)16-19-50(81)82)18-13-35-28-74(29-36(75)14-15-40(63)58(91)92)30-45(76)37(35)23-42(73-55(88)39(62)17-20-51(83)84)57(90)69-32(2)53(86)67-25-47(78)65-27-49(80)71-44(60(95)96)22-34-11-7-4-8-12-34/h3-12,28,30-32,36,38-44,75H,13-27,29,61-63H2,1-2H3,(H15-,64,65,66,67,68,69,70,71,72,73,76,77,78,79,80,81,82,83,84,85,86,87,88,89,90,91,92,93,94,95,96)/p+1/t31-,32-,36?,38-,39-,40?,41?,42?,43-,44-/m0/s1. The van der Waals surface area contributed by atoms with Gasteiger partial charge in [0.15, 0.2) is 18.5 Å². The van der Waals surface area contributed by atoms with Gasteiger partial charge in [-0.3, -0.25) is 62.3 Å². The second kappa shape index (κ2) is 40.4. The number of carboxylic acids is 5. The molecular formula is C60H83N14O22+. The third-order valence-corrected chi connectivity index (χ3v) is 14.3. The number of hydrogen-bond acceptors (Lipinski definition) is 20. The Kier molecular flexibility index (Phi) is 33.5. The van der Waals surface area contributed by atoms with E-state index in [0.29, 0.717) is 11.1 Å². The molecule has 2 aromatic carbocycles. The smallest absolute Gasteiger partial charge is 0.326 e. The highest BCUT2D eigenvalue weighted by Crippen LogP contribution is 2.24. The number of aliphatic hydroxyl groups excluding tert-OH is 1. The summed E-state index contributed by atoms with van der Waals surface area (Å²) in [6.45, 7) is -0.997. The monoisotopic (exact) mass is 1350 g/mol. The number of aromatic hydroxyl groups is 1. The molecule has 23 N–H and O–H groups in total. The summed E-state index contributed by atoms with van der Waals surface area (Å²) in [7, 11) is 0. The number of amides is 10. The van der Waals surface area contributed by atoms with Crippen molar-refractivity contribution in [3.8, 4) is 5.75 Å². The first-order valence-electron chi connectivity index (χ1n) is 30.0. The van der Waals surface area contributed by atoms with Crippen molar-refractivity contribution in [1.82, 2.24) is 53.2 Å². The van der Waals surface area contributed by atoms with E-state index in [1.807, 2.05) is 0 Å². The lowest BCUT2D eigenvalue weighted by Gasteiger charge is -2.25. The number of aromatic nitrogens is 1. The molecule has 1 heterocycles. The van der Waals surface area contributed by atoms with Crippen LogP contribution in [0.4, 0.5) is 0 Å². The summed E-state index contributed by atoms with van der Waals surface area (Å²) in [5.41, 5.74) is 18.6. The lowest BCUT2D eigenvalue weighted by molar-refractivity contribution is -0.704. The summed E-state index contributed by atoms with van der Waals surface area (Å²) in [5, 5.41) is 92.9. The van der Waals surface area contributed by atoms with Crippen LogP contribution in [0.2, 0.25) is 0 Å². The molecule has 0 bridgehead atoms. The van der Waals surface area contributed by atoms with E-state index in [4.69, 9.17) is 17.2 Å². The maximum absolute atomic E-state index is 14.3. The fraction of sp³-hybridized carbons (Fsp3) is 0.467. The predicted molar refractivity (Wildman–Crippen MR) is 331 cm³/mol. The third kappa shape index (κ3) is 29.9. The van der Waals surface area contributed by atoms with E-state index in [2.05, 4.69) is 53.2 Å². The number of pyridine rings is 1. The summed E-state index contributed by atoms with van der Waals surface area (Å²) in [5.74, 6) is -17.4. The van der Waals surface area contributed by atoms with Crippen LogP contribution in [0.3, 0.4) is 0 Å². The van der Waals surface area contributed by atoms with E-state index in [0.717, 1.165) is 13.1 Å². The van der Waals surface area contributed by atoms with Gasteiger partial charge in [-0.1, -0.05) is 60.7 Å². The highest BCUT2D eigenvalue weighted by Gasteiger charge is 2.33. The average molecular weight is 1350 g/mol. The SMILES string of the molecule is C[C@H](NC(=O)C(CCc1c[n+](CC(O)CCC(N)C(=O)O)cc(O)c1CC(NC(=O)[C@@H](N)CCC(=O)O)C(=O)N[C@@H](C)C(=O)NCC(=O)NCC(=O)N[C@@H](Cc1ccccc1)C(=O)O)NC(=O)[C@@H](N)CCC(=O)O)C(=O)NCC(=O)NCC(=O)N[C@@H](Cc1ccccc1)C(=O)O. The normalized spacial score (nSPS) is 14.0. The van der Waals surface area contributed by atoms with Crippen molar-refractivity contribution in [2.24, 2.45) is 17.2 Å². The lowest BCUT2D eigenvalue weighted by Crippen LogP contribution is -2.56. The van der Waals surface area contributed by atoms with Crippen LogP contribution in [0, 0.1) is 0 Å². The molecule has 10 amide bonds. The molecule has 0 spiro atoms. The Hall–Kier alpha value is -10.7. The van der Waals surface area contributed by atoms with Crippen LogP contribution in [0.15, 0.2) is 73.1 Å². The van der Waals surface area contributed by atoms with E-state index in [1.165, 1.54) is 17.7 Å². The Bertz CT molecular complexity index is 3250. The fourth-order valence-electron chi connectivity index (χ4n) is 8.93. The Labute approximate surface area is 548 Å². The van der Waals surface area contributed by atoms with Crippen molar-refractivity contribution in [3.05, 3.63) is 95.3 Å². The predicted octanol–water partition coefficient (Wildman–Crippen LogP) is -6.84. The van der Waals surface area contributed by atoms with Gasteiger partial charge >= 0.3 is 29.8 Å². The Balaban J connectivity index is 1.93. The molecule has 36 nitrogen and oxygen atoms in total. The first-order valence-corrected chi connectivity index (χ1v) is 30.0. The summed E-state index contributed by atoms with van der Waals surface area (Å²) in [6, 6.07) is 2.91. The quantitative estimate of drug-likeness (QED) is 0.0234. The molecule has 0 aliphatic carbocycles. The molecular weight excluding hydrogens is 1270 g/mol. The Morgan fingerprint density at radius 1 is 0.427 bits per heavy atom. The molecule has 1 aromatic heterocycles. The topological polar surface area (TPSA) is 600 Å². The van der Waals surface area contributed by atoms with Crippen LogP contribution in [0.1, 0.15) is 81.0 Å². The van der Waals surface area contributed by atoms with Crippen molar-refractivity contribution in [3.63, 3.8) is 0 Å². The molecule has 0 saturated heterocycles. The lowest BCUT2D eigenvalue weighted by atomic mass is 9.95. The number of aryl methyl sites for hydroxylation is 1. The number of carboxylic acid groups (broad SMARTS) is 5. The van der Waals surface area contributed by atoms with E-state index in [-0.39, 0.29) is 43.4 Å². The van der Waals surface area contributed by atoms with Gasteiger partial charge in [0, 0.05) is 43.2 Å². The number of nitrogens with one attached hydrogen (secondary N) is 10. The largest absolute Gasteiger partial charge is 0.503 e. The number of aliphatic hydroxyl groups is 1. The van der Waals surface area contributed by atoms with Crippen molar-refractivity contribution < 1.29 is 112 Å². The van der Waals surface area contributed by atoms with Crippen LogP contribution in [-0.2, 0) is 104 Å². The molecule has 0 saturated carbocycles. The van der Waals surface area contributed by atoms with Crippen LogP contribution < -0.4 is 74.9 Å². The molecule has 3 aromatic rings. The number of nitrogens with zero attached hydrogens (tertiary/aromatic N) is 1. The van der Waals surface area contributed by atoms with Gasteiger partial charge in [-0.05, 0) is 63.5 Å². The molecule has 36 heteroatoms. The van der Waals surface area contributed by atoms with Crippen LogP contribution >= 0.6 is 0 Å². The molecule has 0 aliphatic rings. The zero-order valence-electron chi connectivity index (χ0n) is 52.4. The fourth-order valence-corrected chi connectivity index (χ4v) is 8.93. The number of rotatable bonds is 43. The third-order valence-electron chi connectivity index (χ3n) is 14.3. The van der Waals surface area contributed by atoms with Gasteiger partial charge in [0.2, 0.25) is 65.3 Å². The number of benzene rings is 2. The number of nitrogens with two attached hydrogens (primary N) is 3. The Morgan fingerprint density at radius 3 is 1.26 bits per heavy atom. The summed E-state index contributed by atoms with van der Waals surface area (Å²) in [6.07, 6.45) is -3.31. The molecule has 0 fully saturated rings. The molecule has 3 rings (SSSR count). The minimum atomic E-state index is -1.84. The second-order valence-electron chi connectivity index (χ2n) is 22.2. The van der Waals surface area contributed by atoms with Gasteiger partial charge in [0.05, 0.1) is 38.3 Å². The van der Waals surface area contributed by atoms with Crippen LogP contribution in [0.25, 0.3) is 0 Å². The van der Waals surface area contributed by atoms with Gasteiger partial charge in [0.25, 0.3) is 0 Å². The van der Waals surface area contributed by atoms with Gasteiger partial charge in [0.1, 0.15) is 48.4 Å². The summed E-state index contributed by atoms with van der Waals surface area (Å²) in [4.78, 5) is 191. The average Bonchev–Trinajstić information content (AvgIpc) is 0.819. The molecule has 0 aliphatic heterocycles. The second-order valence-corrected chi connectivity index (χ2v) is 22.2. The summed E-state index contributed by atoms with van der Waals surface area (Å²) >= 11 is 0. The Morgan fingerprint density at radius 2 is 0.844 bits per heavy atom. The van der Waals surface area contributed by atoms with Crippen molar-refractivity contribution in [1.29, 1.82) is 0 Å². The zero-order chi connectivity index (χ0) is 71.8. The maximum Gasteiger partial charge on any atom is 0.326 e. The van der Waals surface area contributed by atoms with E-state index in [9.17, 15) is 108 Å². The number of carbonyl (C=O) groups excluding carboxylic acids is 10. The minimum absolute atomic E-state index is 0.0193. The first-order chi connectivity index (χ1) is 45.2. The highest BCUT2D eigenvalue weighted by atomic mass is 16.4. The van der Waals surface area contributed by atoms with Gasteiger partial charge in [-0.25, -0.2) is 9.59 Å². The molecule has 524 valence electrons. The van der Waals surface area contributed by atoms with Gasteiger partial charge in [-0.15, -0.1) is 0 Å². The number of hydrogen-bond donors (Lipinski definition) is 20. The van der Waals surface area contributed by atoms with E-state index in [1.54, 1.807) is 60.7 Å². The summed E-state index contributed by atoms with van der Waals surface area (Å²) < 4.78 is 1.22. The van der Waals surface area contributed by atoms with Gasteiger partial charge < -0.3 is 106 Å². The van der Waals surface area contributed by atoms with Crippen molar-refractivity contribution in [2.45, 2.75) is 152 Å².